The highest BCUT2D eigenvalue weighted by atomic mass is 32.2. The molecule has 1 N–H and O–H groups in total. The van der Waals surface area contributed by atoms with Crippen LogP contribution in [-0.4, -0.2) is 32.2 Å². The Morgan fingerprint density at radius 2 is 2.16 bits per heavy atom. The maximum absolute atomic E-state index is 11.2. The molecule has 0 aliphatic heterocycles. The van der Waals surface area contributed by atoms with Gasteiger partial charge in [0, 0.05) is 52.7 Å². The topological polar surface area (TPSA) is 85.1 Å². The fourth-order valence-corrected chi connectivity index (χ4v) is 2.42. The molecular formula is C12H19N3O3S. The van der Waals surface area contributed by atoms with Gasteiger partial charge in [-0.15, -0.1) is 0 Å². The maximum atomic E-state index is 11.2. The molecule has 1 atom stereocenters. The second kappa shape index (κ2) is 7.30. The summed E-state index contributed by atoms with van der Waals surface area (Å²) in [6.07, 6.45) is 1.52. The Bertz CT molecular complexity index is 491. The minimum atomic E-state index is -0.797. The molecule has 19 heavy (non-hydrogen) atoms. The molecule has 0 spiro atoms. The number of nitrogens with one attached hydrogen (secondary N) is 1. The van der Waals surface area contributed by atoms with Gasteiger partial charge in [-0.25, -0.2) is 0 Å². The van der Waals surface area contributed by atoms with Crippen LogP contribution in [0.5, 0.6) is 0 Å². The van der Waals surface area contributed by atoms with Crippen LogP contribution in [0.3, 0.4) is 0 Å². The molecule has 0 fully saturated rings. The second-order valence-electron chi connectivity index (χ2n) is 4.23. The lowest BCUT2D eigenvalue weighted by Gasteiger charge is -2.08. The van der Waals surface area contributed by atoms with Gasteiger partial charge in [0.25, 0.3) is 5.69 Å². The molecule has 0 aliphatic rings. The summed E-state index contributed by atoms with van der Waals surface area (Å²) < 4.78 is 11.2. The molecule has 106 valence electrons. The molecule has 1 aromatic heterocycles. The fourth-order valence-electron chi connectivity index (χ4n) is 1.76. The van der Waals surface area contributed by atoms with Gasteiger partial charge in [-0.1, -0.05) is 6.92 Å². The fraction of sp³-hybridized carbons (Fsp3) is 0.583. The van der Waals surface area contributed by atoms with Gasteiger partial charge in [-0.3, -0.25) is 19.3 Å². The van der Waals surface area contributed by atoms with E-state index in [1.807, 2.05) is 6.92 Å². The first-order valence-electron chi connectivity index (χ1n) is 6.12. The number of rotatable bonds is 7. The van der Waals surface area contributed by atoms with Crippen molar-refractivity contribution >= 4 is 16.5 Å². The summed E-state index contributed by atoms with van der Waals surface area (Å²) in [6, 6.07) is 0. The molecule has 0 bridgehead atoms. The molecule has 1 unspecified atom stereocenters. The van der Waals surface area contributed by atoms with Crippen LogP contribution in [0.15, 0.2) is 6.20 Å². The lowest BCUT2D eigenvalue weighted by atomic mass is 10.1. The van der Waals surface area contributed by atoms with Gasteiger partial charge >= 0.3 is 0 Å². The molecule has 0 saturated heterocycles. The van der Waals surface area contributed by atoms with Crippen LogP contribution in [0.25, 0.3) is 0 Å². The monoisotopic (exact) mass is 285 g/mol. The molecule has 0 aromatic carbocycles. The quantitative estimate of drug-likeness (QED) is 0.466. The van der Waals surface area contributed by atoms with E-state index in [4.69, 9.17) is 0 Å². The molecule has 7 heteroatoms. The largest absolute Gasteiger partial charge is 0.310 e. The summed E-state index contributed by atoms with van der Waals surface area (Å²) in [4.78, 5) is 14.8. The highest BCUT2D eigenvalue weighted by Crippen LogP contribution is 2.23. The summed E-state index contributed by atoms with van der Waals surface area (Å²) >= 11 is 0. The third-order valence-corrected chi connectivity index (χ3v) is 4.18. The Balaban J connectivity index is 2.67. The van der Waals surface area contributed by atoms with Crippen molar-refractivity contribution in [1.82, 2.24) is 10.3 Å². The highest BCUT2D eigenvalue weighted by molar-refractivity contribution is 7.84. The van der Waals surface area contributed by atoms with E-state index in [0.717, 1.165) is 0 Å². The molecule has 1 rings (SSSR count). The lowest BCUT2D eigenvalue weighted by molar-refractivity contribution is -0.386. The zero-order valence-electron chi connectivity index (χ0n) is 11.4. The van der Waals surface area contributed by atoms with Gasteiger partial charge in [0.2, 0.25) is 0 Å². The third-order valence-electron chi connectivity index (χ3n) is 2.88. The van der Waals surface area contributed by atoms with Gasteiger partial charge < -0.3 is 5.32 Å². The molecule has 0 amide bonds. The summed E-state index contributed by atoms with van der Waals surface area (Å²) in [5, 5.41) is 14.1. The van der Waals surface area contributed by atoms with E-state index >= 15 is 0 Å². The molecular weight excluding hydrogens is 266 g/mol. The Morgan fingerprint density at radius 1 is 1.47 bits per heavy atom. The average Bonchev–Trinajstić information content (AvgIpc) is 2.36. The number of nitro groups is 1. The number of pyridine rings is 1. The van der Waals surface area contributed by atoms with Crippen molar-refractivity contribution in [3.05, 3.63) is 33.1 Å². The van der Waals surface area contributed by atoms with E-state index in [0.29, 0.717) is 41.4 Å². The highest BCUT2D eigenvalue weighted by Gasteiger charge is 2.18. The third kappa shape index (κ3) is 4.36. The number of hydrogen-bond acceptors (Lipinski definition) is 5. The molecule has 0 saturated carbocycles. The average molecular weight is 285 g/mol. The van der Waals surface area contributed by atoms with Crippen LogP contribution >= 0.6 is 0 Å². The normalized spacial score (nSPS) is 12.4. The number of aryl methyl sites for hydroxylation is 1. The van der Waals surface area contributed by atoms with Crippen molar-refractivity contribution in [3.63, 3.8) is 0 Å². The van der Waals surface area contributed by atoms with Gasteiger partial charge in [0.15, 0.2) is 0 Å². The van der Waals surface area contributed by atoms with Crippen molar-refractivity contribution in [2.24, 2.45) is 0 Å². The van der Waals surface area contributed by atoms with Crippen LogP contribution in [0.2, 0.25) is 0 Å². The van der Waals surface area contributed by atoms with Crippen LogP contribution in [0.1, 0.15) is 23.7 Å². The first-order valence-corrected chi connectivity index (χ1v) is 7.61. The van der Waals surface area contributed by atoms with E-state index in [1.54, 1.807) is 13.8 Å². The standard InChI is InChI=1S/C12H19N3O3S/c1-4-19(18)6-5-13-8-11-10(3)12(15(16)17)9(2)7-14-11/h7,13H,4-6,8H2,1-3H3. The van der Waals surface area contributed by atoms with E-state index in [1.165, 1.54) is 6.20 Å². The van der Waals surface area contributed by atoms with Gasteiger partial charge in [-0.2, -0.15) is 0 Å². The minimum absolute atomic E-state index is 0.129. The van der Waals surface area contributed by atoms with Gasteiger partial charge in [0.1, 0.15) is 0 Å². The van der Waals surface area contributed by atoms with Crippen molar-refractivity contribution in [2.45, 2.75) is 27.3 Å². The maximum Gasteiger partial charge on any atom is 0.278 e. The van der Waals surface area contributed by atoms with E-state index in [2.05, 4.69) is 10.3 Å². The first-order chi connectivity index (χ1) is 8.97. The Hall–Kier alpha value is -1.34. The summed E-state index contributed by atoms with van der Waals surface area (Å²) in [7, 11) is -0.797. The lowest BCUT2D eigenvalue weighted by Crippen LogP contribution is -2.22. The Labute approximate surface area is 115 Å². The van der Waals surface area contributed by atoms with Crippen molar-refractivity contribution in [1.29, 1.82) is 0 Å². The van der Waals surface area contributed by atoms with Crippen LogP contribution in [0.4, 0.5) is 5.69 Å². The van der Waals surface area contributed by atoms with Crippen molar-refractivity contribution in [3.8, 4) is 0 Å². The smallest absolute Gasteiger partial charge is 0.278 e. The molecule has 1 aromatic rings. The second-order valence-corrected chi connectivity index (χ2v) is 6.09. The van der Waals surface area contributed by atoms with Gasteiger partial charge in [-0.05, 0) is 13.8 Å². The number of hydrogen-bond donors (Lipinski definition) is 1. The molecule has 0 aliphatic carbocycles. The molecule has 6 nitrogen and oxygen atoms in total. The predicted octanol–water partition coefficient (Wildman–Crippen LogP) is 1.46. The number of aromatic nitrogens is 1. The van der Waals surface area contributed by atoms with Gasteiger partial charge in [0.05, 0.1) is 10.6 Å². The number of nitrogens with zero attached hydrogens (tertiary/aromatic N) is 2. The van der Waals surface area contributed by atoms with Crippen LogP contribution < -0.4 is 5.32 Å². The van der Waals surface area contributed by atoms with E-state index < -0.39 is 10.8 Å². The minimum Gasteiger partial charge on any atom is -0.310 e. The predicted molar refractivity (Wildman–Crippen MR) is 75.6 cm³/mol. The van der Waals surface area contributed by atoms with Crippen molar-refractivity contribution in [2.75, 3.05) is 18.1 Å². The SMILES string of the molecule is CCS(=O)CCNCc1ncc(C)c([N+](=O)[O-])c1C. The van der Waals surface area contributed by atoms with E-state index in [9.17, 15) is 14.3 Å². The van der Waals surface area contributed by atoms with E-state index in [-0.39, 0.29) is 10.6 Å². The van der Waals surface area contributed by atoms with Crippen molar-refractivity contribution < 1.29 is 9.13 Å². The summed E-state index contributed by atoms with van der Waals surface area (Å²) in [5.41, 5.74) is 1.95. The Morgan fingerprint density at radius 3 is 2.74 bits per heavy atom. The Kier molecular flexibility index (Phi) is 6.04. The summed E-state index contributed by atoms with van der Waals surface area (Å²) in [6.45, 7) is 6.33. The molecule has 0 radical (unpaired) electrons. The first kappa shape index (κ1) is 15.7. The zero-order valence-corrected chi connectivity index (χ0v) is 12.2. The summed E-state index contributed by atoms with van der Waals surface area (Å²) in [5.74, 6) is 1.23. The van der Waals surface area contributed by atoms with Crippen LogP contribution in [0, 0.1) is 24.0 Å². The van der Waals surface area contributed by atoms with Crippen LogP contribution in [-0.2, 0) is 17.3 Å². The zero-order chi connectivity index (χ0) is 14.4. The molecule has 1 heterocycles.